The minimum Gasteiger partial charge on any atom is -0.285 e. The van der Waals surface area contributed by atoms with Crippen LogP contribution in [0, 0.1) is 0 Å². The smallest absolute Gasteiger partial charge is 0.160 e. The second kappa shape index (κ2) is 4.90. The topological polar surface area (TPSA) is 30.2 Å². The molecule has 0 unspecified atom stereocenters. The molecule has 0 radical (unpaired) electrons. The van der Waals surface area contributed by atoms with Gasteiger partial charge in [-0.1, -0.05) is 30.3 Å². The standard InChI is InChI=1S/C14H12BrN3/c15-12-7-9-14-17-16-13(18(14)10-12)8-6-11-4-2-1-3-5-11/h1-5,7,9-10H,6,8H2. The summed E-state index contributed by atoms with van der Waals surface area (Å²) in [6, 6.07) is 14.4. The SMILES string of the molecule is Brc1ccc2nnc(CCc3ccccc3)n2c1. The molecule has 0 atom stereocenters. The summed E-state index contributed by atoms with van der Waals surface area (Å²) in [5.41, 5.74) is 2.21. The van der Waals surface area contributed by atoms with Crippen molar-refractivity contribution in [2.75, 3.05) is 0 Å². The number of aromatic nitrogens is 3. The highest BCUT2D eigenvalue weighted by Gasteiger charge is 2.05. The Hall–Kier alpha value is -1.68. The highest BCUT2D eigenvalue weighted by atomic mass is 79.9. The number of aryl methyl sites for hydroxylation is 2. The zero-order valence-corrected chi connectivity index (χ0v) is 11.3. The summed E-state index contributed by atoms with van der Waals surface area (Å²) in [5.74, 6) is 0.996. The summed E-state index contributed by atoms with van der Waals surface area (Å²) >= 11 is 3.47. The fourth-order valence-electron chi connectivity index (χ4n) is 1.98. The minimum absolute atomic E-state index is 0.890. The molecule has 0 bridgehead atoms. The van der Waals surface area contributed by atoms with E-state index in [1.165, 1.54) is 5.56 Å². The van der Waals surface area contributed by atoms with E-state index in [1.807, 2.05) is 28.8 Å². The maximum absolute atomic E-state index is 4.24. The van der Waals surface area contributed by atoms with Gasteiger partial charge in [0.05, 0.1) is 0 Å². The van der Waals surface area contributed by atoms with Crippen LogP contribution in [-0.2, 0) is 12.8 Å². The van der Waals surface area contributed by atoms with E-state index in [-0.39, 0.29) is 0 Å². The van der Waals surface area contributed by atoms with E-state index >= 15 is 0 Å². The lowest BCUT2D eigenvalue weighted by Crippen LogP contribution is -1.97. The number of benzene rings is 1. The first kappa shape index (κ1) is 11.4. The number of rotatable bonds is 3. The minimum atomic E-state index is 0.890. The first-order valence-electron chi connectivity index (χ1n) is 5.86. The molecule has 0 fully saturated rings. The summed E-state index contributed by atoms with van der Waals surface area (Å²) in [5, 5.41) is 8.41. The van der Waals surface area contributed by atoms with Gasteiger partial charge in [-0.2, -0.15) is 0 Å². The quantitative estimate of drug-likeness (QED) is 0.743. The Morgan fingerprint density at radius 2 is 1.78 bits per heavy atom. The van der Waals surface area contributed by atoms with Gasteiger partial charge in [0.2, 0.25) is 0 Å². The van der Waals surface area contributed by atoms with Crippen molar-refractivity contribution in [1.82, 2.24) is 14.6 Å². The molecule has 0 saturated heterocycles. The van der Waals surface area contributed by atoms with E-state index in [4.69, 9.17) is 0 Å². The van der Waals surface area contributed by atoms with Crippen molar-refractivity contribution < 1.29 is 0 Å². The van der Waals surface area contributed by atoms with Crippen molar-refractivity contribution in [3.63, 3.8) is 0 Å². The van der Waals surface area contributed by atoms with Crippen molar-refractivity contribution in [2.45, 2.75) is 12.8 Å². The van der Waals surface area contributed by atoms with Gasteiger partial charge in [0.1, 0.15) is 5.82 Å². The summed E-state index contributed by atoms with van der Waals surface area (Å²) in [6.07, 6.45) is 3.88. The summed E-state index contributed by atoms with van der Waals surface area (Å²) in [7, 11) is 0. The molecule has 0 aliphatic carbocycles. The average Bonchev–Trinajstić information content (AvgIpc) is 2.80. The van der Waals surface area contributed by atoms with Gasteiger partial charge in [-0.25, -0.2) is 0 Å². The molecule has 0 N–H and O–H groups in total. The lowest BCUT2D eigenvalue weighted by molar-refractivity contribution is 0.838. The third-order valence-electron chi connectivity index (χ3n) is 2.92. The van der Waals surface area contributed by atoms with Crippen molar-refractivity contribution in [3.05, 3.63) is 64.5 Å². The molecule has 1 aromatic carbocycles. The lowest BCUT2D eigenvalue weighted by atomic mass is 10.1. The van der Waals surface area contributed by atoms with Crippen molar-refractivity contribution >= 4 is 21.6 Å². The molecular weight excluding hydrogens is 290 g/mol. The second-order valence-electron chi connectivity index (χ2n) is 4.18. The van der Waals surface area contributed by atoms with Gasteiger partial charge in [-0.05, 0) is 40.0 Å². The van der Waals surface area contributed by atoms with Crippen LogP contribution in [0.25, 0.3) is 5.65 Å². The van der Waals surface area contributed by atoms with Crippen LogP contribution in [0.5, 0.6) is 0 Å². The Bertz CT molecular complexity index is 661. The van der Waals surface area contributed by atoms with Crippen LogP contribution in [-0.4, -0.2) is 14.6 Å². The summed E-state index contributed by atoms with van der Waals surface area (Å²) in [6.45, 7) is 0. The maximum atomic E-state index is 4.24. The number of halogens is 1. The van der Waals surface area contributed by atoms with E-state index in [0.29, 0.717) is 0 Å². The summed E-state index contributed by atoms with van der Waals surface area (Å²) < 4.78 is 3.07. The van der Waals surface area contributed by atoms with Crippen molar-refractivity contribution in [2.24, 2.45) is 0 Å². The van der Waals surface area contributed by atoms with Crippen LogP contribution in [0.15, 0.2) is 53.1 Å². The molecule has 0 aliphatic rings. The van der Waals surface area contributed by atoms with E-state index in [1.54, 1.807) is 0 Å². The van der Waals surface area contributed by atoms with Gasteiger partial charge < -0.3 is 0 Å². The van der Waals surface area contributed by atoms with Crippen LogP contribution in [0.1, 0.15) is 11.4 Å². The molecule has 18 heavy (non-hydrogen) atoms. The average molecular weight is 302 g/mol. The van der Waals surface area contributed by atoms with Crippen LogP contribution in [0.2, 0.25) is 0 Å². The van der Waals surface area contributed by atoms with E-state index in [9.17, 15) is 0 Å². The highest BCUT2D eigenvalue weighted by Crippen LogP contribution is 2.13. The molecular formula is C14H12BrN3. The number of hydrogen-bond donors (Lipinski definition) is 0. The molecule has 3 nitrogen and oxygen atoms in total. The van der Waals surface area contributed by atoms with Gasteiger partial charge in [0.15, 0.2) is 5.65 Å². The molecule has 3 aromatic rings. The predicted octanol–water partition coefficient (Wildman–Crippen LogP) is 3.28. The van der Waals surface area contributed by atoms with Crippen LogP contribution >= 0.6 is 15.9 Å². The van der Waals surface area contributed by atoms with Gasteiger partial charge in [0, 0.05) is 17.1 Å². The third kappa shape index (κ3) is 2.29. The van der Waals surface area contributed by atoms with Gasteiger partial charge in [0.25, 0.3) is 0 Å². The number of nitrogens with zero attached hydrogens (tertiary/aromatic N) is 3. The molecule has 2 aromatic heterocycles. The van der Waals surface area contributed by atoms with Crippen molar-refractivity contribution in [1.29, 1.82) is 0 Å². The molecule has 0 aliphatic heterocycles. The normalized spacial score (nSPS) is 10.9. The number of hydrogen-bond acceptors (Lipinski definition) is 2. The largest absolute Gasteiger partial charge is 0.285 e. The first-order valence-corrected chi connectivity index (χ1v) is 6.65. The van der Waals surface area contributed by atoms with Crippen LogP contribution in [0.3, 0.4) is 0 Å². The Kier molecular flexibility index (Phi) is 3.11. The fraction of sp³-hybridized carbons (Fsp3) is 0.143. The Labute approximate surface area is 114 Å². The number of pyridine rings is 1. The highest BCUT2D eigenvalue weighted by molar-refractivity contribution is 9.10. The zero-order valence-electron chi connectivity index (χ0n) is 9.75. The van der Waals surface area contributed by atoms with Gasteiger partial charge in [-0.3, -0.25) is 4.40 Å². The molecule has 0 saturated carbocycles. The van der Waals surface area contributed by atoms with Crippen LogP contribution < -0.4 is 0 Å². The Morgan fingerprint density at radius 3 is 2.61 bits per heavy atom. The number of fused-ring (bicyclic) bond motifs is 1. The van der Waals surface area contributed by atoms with Crippen LogP contribution in [0.4, 0.5) is 0 Å². The zero-order chi connectivity index (χ0) is 12.4. The van der Waals surface area contributed by atoms with Gasteiger partial charge in [-0.15, -0.1) is 10.2 Å². The first-order chi connectivity index (χ1) is 8.83. The van der Waals surface area contributed by atoms with E-state index in [0.717, 1.165) is 28.8 Å². The lowest BCUT2D eigenvalue weighted by Gasteiger charge is -2.01. The van der Waals surface area contributed by atoms with Crippen molar-refractivity contribution in [3.8, 4) is 0 Å². The second-order valence-corrected chi connectivity index (χ2v) is 5.09. The predicted molar refractivity (Wildman–Crippen MR) is 74.5 cm³/mol. The van der Waals surface area contributed by atoms with E-state index < -0.39 is 0 Å². The molecule has 3 rings (SSSR count). The summed E-state index contributed by atoms with van der Waals surface area (Å²) in [4.78, 5) is 0. The molecule has 2 heterocycles. The monoisotopic (exact) mass is 301 g/mol. The third-order valence-corrected chi connectivity index (χ3v) is 3.39. The Morgan fingerprint density at radius 1 is 0.944 bits per heavy atom. The fourth-order valence-corrected chi connectivity index (χ4v) is 2.32. The van der Waals surface area contributed by atoms with Gasteiger partial charge >= 0.3 is 0 Å². The molecule has 0 spiro atoms. The molecule has 4 heteroatoms. The van der Waals surface area contributed by atoms with E-state index in [2.05, 4.69) is 50.4 Å². The molecule has 90 valence electrons. The Balaban J connectivity index is 1.85. The maximum Gasteiger partial charge on any atom is 0.160 e. The molecule has 0 amide bonds.